The van der Waals surface area contributed by atoms with Gasteiger partial charge in [0.2, 0.25) is 5.75 Å². The van der Waals surface area contributed by atoms with Gasteiger partial charge in [0.25, 0.3) is 6.47 Å². The molecule has 7 nitrogen and oxygen atoms in total. The SMILES string of the molecule is O=CO.O=c1cc(-c2ccccc2)oc2cc(O)c(O)c(O)c12. The Morgan fingerprint density at radius 3 is 2.17 bits per heavy atom. The van der Waals surface area contributed by atoms with Crippen molar-refractivity contribution in [2.24, 2.45) is 0 Å². The molecule has 0 spiro atoms. The van der Waals surface area contributed by atoms with Crippen molar-refractivity contribution in [2.75, 3.05) is 0 Å². The molecule has 0 aliphatic rings. The first kappa shape index (κ1) is 15.9. The predicted molar refractivity (Wildman–Crippen MR) is 81.6 cm³/mol. The monoisotopic (exact) mass is 316 g/mol. The van der Waals surface area contributed by atoms with Crippen LogP contribution in [0.3, 0.4) is 0 Å². The number of hydrogen-bond donors (Lipinski definition) is 4. The van der Waals surface area contributed by atoms with E-state index in [1.54, 1.807) is 24.3 Å². The average Bonchev–Trinajstić information content (AvgIpc) is 2.53. The minimum Gasteiger partial charge on any atom is -0.504 e. The Labute approximate surface area is 129 Å². The zero-order valence-corrected chi connectivity index (χ0v) is 11.6. The molecule has 0 aliphatic carbocycles. The Kier molecular flexibility index (Phi) is 4.51. The lowest BCUT2D eigenvalue weighted by Gasteiger charge is -2.06. The van der Waals surface area contributed by atoms with Gasteiger partial charge in [-0.15, -0.1) is 0 Å². The summed E-state index contributed by atoms with van der Waals surface area (Å²) < 4.78 is 5.51. The van der Waals surface area contributed by atoms with Crippen LogP contribution in [0.15, 0.2) is 51.7 Å². The van der Waals surface area contributed by atoms with Gasteiger partial charge in [0.15, 0.2) is 16.9 Å². The molecule has 0 aliphatic heterocycles. The first-order valence-corrected chi connectivity index (χ1v) is 6.34. The number of carbonyl (C=O) groups is 1. The molecule has 4 N–H and O–H groups in total. The molecule has 0 unspecified atom stereocenters. The van der Waals surface area contributed by atoms with Crippen molar-refractivity contribution in [2.45, 2.75) is 0 Å². The van der Waals surface area contributed by atoms with Gasteiger partial charge in [0, 0.05) is 17.7 Å². The quantitative estimate of drug-likeness (QED) is 0.400. The van der Waals surface area contributed by atoms with Crippen LogP contribution >= 0.6 is 0 Å². The van der Waals surface area contributed by atoms with E-state index in [2.05, 4.69) is 0 Å². The first-order chi connectivity index (χ1) is 11.0. The van der Waals surface area contributed by atoms with Gasteiger partial charge in [-0.3, -0.25) is 9.59 Å². The molecule has 0 amide bonds. The van der Waals surface area contributed by atoms with Crippen LogP contribution < -0.4 is 5.43 Å². The lowest BCUT2D eigenvalue weighted by molar-refractivity contribution is -0.122. The van der Waals surface area contributed by atoms with Crippen LogP contribution in [0.4, 0.5) is 0 Å². The molecule has 7 heteroatoms. The van der Waals surface area contributed by atoms with Crippen LogP contribution in [0.2, 0.25) is 0 Å². The topological polar surface area (TPSA) is 128 Å². The second-order valence-corrected chi connectivity index (χ2v) is 4.41. The Bertz CT molecular complexity index is 898. The summed E-state index contributed by atoms with van der Waals surface area (Å²) in [5, 5.41) is 35.3. The van der Waals surface area contributed by atoms with Crippen LogP contribution in [-0.4, -0.2) is 26.9 Å². The third-order valence-electron chi connectivity index (χ3n) is 3.00. The molecule has 0 radical (unpaired) electrons. The van der Waals surface area contributed by atoms with Gasteiger partial charge in [0.1, 0.15) is 16.7 Å². The molecular weight excluding hydrogens is 304 g/mol. The van der Waals surface area contributed by atoms with Gasteiger partial charge in [-0.25, -0.2) is 0 Å². The summed E-state index contributed by atoms with van der Waals surface area (Å²) in [5.41, 5.74) is 0.195. The van der Waals surface area contributed by atoms with Crippen molar-refractivity contribution in [1.82, 2.24) is 0 Å². The van der Waals surface area contributed by atoms with E-state index in [4.69, 9.17) is 14.3 Å². The molecule has 2 aromatic carbocycles. The van der Waals surface area contributed by atoms with E-state index in [9.17, 15) is 20.1 Å². The van der Waals surface area contributed by atoms with Crippen LogP contribution in [0, 0.1) is 0 Å². The highest BCUT2D eigenvalue weighted by Crippen LogP contribution is 2.40. The summed E-state index contributed by atoms with van der Waals surface area (Å²) in [7, 11) is 0. The maximum absolute atomic E-state index is 12.0. The fraction of sp³-hybridized carbons (Fsp3) is 0. The van der Waals surface area contributed by atoms with E-state index >= 15 is 0 Å². The van der Waals surface area contributed by atoms with E-state index in [1.165, 1.54) is 6.07 Å². The van der Waals surface area contributed by atoms with Crippen molar-refractivity contribution in [3.63, 3.8) is 0 Å². The highest BCUT2D eigenvalue weighted by Gasteiger charge is 2.17. The van der Waals surface area contributed by atoms with Crippen LogP contribution in [0.25, 0.3) is 22.3 Å². The van der Waals surface area contributed by atoms with Gasteiger partial charge >= 0.3 is 0 Å². The third kappa shape index (κ3) is 3.08. The summed E-state index contributed by atoms with van der Waals surface area (Å²) in [6.45, 7) is -0.250. The zero-order chi connectivity index (χ0) is 17.0. The number of hydrogen-bond acceptors (Lipinski definition) is 6. The Balaban J connectivity index is 0.000000595. The Morgan fingerprint density at radius 1 is 0.957 bits per heavy atom. The van der Waals surface area contributed by atoms with E-state index < -0.39 is 22.7 Å². The number of carboxylic acid groups (broad SMARTS) is 1. The largest absolute Gasteiger partial charge is 0.504 e. The molecule has 0 fully saturated rings. The van der Waals surface area contributed by atoms with Gasteiger partial charge in [-0.1, -0.05) is 30.3 Å². The molecular formula is C16H12O7. The van der Waals surface area contributed by atoms with Crippen molar-refractivity contribution in [3.8, 4) is 28.6 Å². The molecule has 23 heavy (non-hydrogen) atoms. The van der Waals surface area contributed by atoms with Crippen molar-refractivity contribution in [1.29, 1.82) is 0 Å². The van der Waals surface area contributed by atoms with Gasteiger partial charge in [-0.05, 0) is 0 Å². The number of fused-ring (bicyclic) bond motifs is 1. The standard InChI is InChI=1S/C15H10O5.CH2O2/c16-9-6-11(8-4-2-1-3-5-8)20-12-7-10(17)14(18)15(19)13(9)12;2-1-3/h1-7,17-19H;1H,(H,2,3). The van der Waals surface area contributed by atoms with Gasteiger partial charge in [0.05, 0.1) is 0 Å². The van der Waals surface area contributed by atoms with E-state index in [0.717, 1.165) is 6.07 Å². The highest BCUT2D eigenvalue weighted by atomic mass is 16.4. The first-order valence-electron chi connectivity index (χ1n) is 6.34. The summed E-state index contributed by atoms with van der Waals surface area (Å²) in [6.07, 6.45) is 0. The molecule has 3 aromatic rings. The minimum absolute atomic E-state index is 0.00385. The molecule has 118 valence electrons. The second kappa shape index (κ2) is 6.52. The number of aromatic hydroxyl groups is 3. The molecule has 0 bridgehead atoms. The fourth-order valence-corrected chi connectivity index (χ4v) is 2.02. The van der Waals surface area contributed by atoms with Crippen LogP contribution in [0.5, 0.6) is 17.2 Å². The zero-order valence-electron chi connectivity index (χ0n) is 11.6. The van der Waals surface area contributed by atoms with Gasteiger partial charge < -0.3 is 24.8 Å². The average molecular weight is 316 g/mol. The lowest BCUT2D eigenvalue weighted by Crippen LogP contribution is -2.00. The smallest absolute Gasteiger partial charge is 0.290 e. The van der Waals surface area contributed by atoms with Gasteiger partial charge in [-0.2, -0.15) is 0 Å². The third-order valence-corrected chi connectivity index (χ3v) is 3.00. The Morgan fingerprint density at radius 2 is 1.57 bits per heavy atom. The lowest BCUT2D eigenvalue weighted by atomic mass is 10.1. The summed E-state index contributed by atoms with van der Waals surface area (Å²) in [6, 6.07) is 11.3. The molecule has 1 heterocycles. The van der Waals surface area contributed by atoms with Crippen molar-refractivity contribution in [3.05, 3.63) is 52.7 Å². The molecule has 0 saturated carbocycles. The fourth-order valence-electron chi connectivity index (χ4n) is 2.02. The number of phenols is 3. The summed E-state index contributed by atoms with van der Waals surface area (Å²) in [5.74, 6) is -1.67. The predicted octanol–water partition coefficient (Wildman–Crippen LogP) is 2.28. The number of phenolic OH excluding ortho intramolecular Hbond substituents is 3. The normalized spacial score (nSPS) is 9.91. The maximum Gasteiger partial charge on any atom is 0.290 e. The van der Waals surface area contributed by atoms with E-state index in [0.29, 0.717) is 11.3 Å². The molecule has 0 saturated heterocycles. The van der Waals surface area contributed by atoms with Crippen molar-refractivity contribution < 1.29 is 29.6 Å². The minimum atomic E-state index is -0.739. The molecule has 3 rings (SSSR count). The summed E-state index contributed by atoms with van der Waals surface area (Å²) >= 11 is 0. The van der Waals surface area contributed by atoms with E-state index in [1.807, 2.05) is 6.07 Å². The number of rotatable bonds is 1. The molecule has 1 aromatic heterocycles. The summed E-state index contributed by atoms with van der Waals surface area (Å²) in [4.78, 5) is 20.4. The van der Waals surface area contributed by atoms with Crippen LogP contribution in [0.1, 0.15) is 0 Å². The maximum atomic E-state index is 12.0. The number of benzene rings is 2. The van der Waals surface area contributed by atoms with E-state index in [-0.39, 0.29) is 17.4 Å². The van der Waals surface area contributed by atoms with Crippen LogP contribution in [-0.2, 0) is 4.79 Å². The molecule has 0 atom stereocenters. The second-order valence-electron chi connectivity index (χ2n) is 4.41. The Hall–Kier alpha value is -3.48. The van der Waals surface area contributed by atoms with Crippen molar-refractivity contribution >= 4 is 17.4 Å². The highest BCUT2D eigenvalue weighted by molar-refractivity contribution is 5.89.